The minimum absolute atomic E-state index is 0.0728. The molecule has 12 unspecified atom stereocenters. The number of ether oxygens (including phenoxy) is 2. The summed E-state index contributed by atoms with van der Waals surface area (Å²) in [5, 5.41) is 0. The normalized spacial score (nSPS) is 60.4. The van der Waals surface area contributed by atoms with Crippen LogP contribution in [0, 0.1) is 59.2 Å². The van der Waals surface area contributed by atoms with Crippen LogP contribution in [0.5, 0.6) is 0 Å². The van der Waals surface area contributed by atoms with Crippen molar-refractivity contribution < 1.29 is 14.3 Å². The van der Waals surface area contributed by atoms with E-state index in [1.807, 2.05) is 0 Å². The number of carbonyl (C=O) groups excluding carboxylic acids is 1. The third-order valence-corrected chi connectivity index (χ3v) is 11.2. The van der Waals surface area contributed by atoms with Crippen molar-refractivity contribution in [3.63, 3.8) is 0 Å². The fraction of sp³-hybridized carbons (Fsp3) is 0.880. The standard InChI is InChI=1S/C25H32O3/c26-24(17-9-14-8-16(17)21-13-4-3-12(7-13)20(14)21)27-22-15-10-18-19(11-15)25(28-23(18)22)5-1-2-6-25/h3-4,12-23H,1-2,5-11H2. The van der Waals surface area contributed by atoms with E-state index in [-0.39, 0.29) is 29.7 Å². The maximum Gasteiger partial charge on any atom is 0.309 e. The lowest BCUT2D eigenvalue weighted by atomic mass is 9.69. The molecule has 12 atom stereocenters. The van der Waals surface area contributed by atoms with Crippen molar-refractivity contribution in [1.29, 1.82) is 0 Å². The van der Waals surface area contributed by atoms with Gasteiger partial charge >= 0.3 is 5.97 Å². The van der Waals surface area contributed by atoms with Gasteiger partial charge in [0.05, 0.1) is 17.6 Å². The molecular weight excluding hydrogens is 348 g/mol. The van der Waals surface area contributed by atoms with Crippen LogP contribution in [0.1, 0.15) is 57.8 Å². The Kier molecular flexibility index (Phi) is 2.89. The molecule has 150 valence electrons. The lowest BCUT2D eigenvalue weighted by Gasteiger charge is -2.36. The lowest BCUT2D eigenvalue weighted by Crippen LogP contribution is -2.40. The smallest absolute Gasteiger partial charge is 0.309 e. The van der Waals surface area contributed by atoms with Crippen LogP contribution < -0.4 is 0 Å². The molecule has 1 aliphatic heterocycles. The predicted molar refractivity (Wildman–Crippen MR) is 103 cm³/mol. The van der Waals surface area contributed by atoms with Crippen LogP contribution in [0.15, 0.2) is 12.2 Å². The summed E-state index contributed by atoms with van der Waals surface area (Å²) in [5.74, 6) is 7.07. The Balaban J connectivity index is 1.02. The van der Waals surface area contributed by atoms with Gasteiger partial charge < -0.3 is 9.47 Å². The van der Waals surface area contributed by atoms with Gasteiger partial charge in [0.15, 0.2) is 0 Å². The third kappa shape index (κ3) is 1.73. The van der Waals surface area contributed by atoms with Crippen molar-refractivity contribution in [1.82, 2.24) is 0 Å². The second-order valence-electron chi connectivity index (χ2n) is 11.9. The van der Waals surface area contributed by atoms with Gasteiger partial charge in [-0.25, -0.2) is 0 Å². The van der Waals surface area contributed by atoms with Crippen LogP contribution >= 0.6 is 0 Å². The Bertz CT molecular complexity index is 766. The van der Waals surface area contributed by atoms with Crippen LogP contribution in [0.4, 0.5) is 0 Å². The number of allylic oxidation sites excluding steroid dienone is 2. The number of hydrogen-bond acceptors (Lipinski definition) is 3. The molecule has 8 aliphatic rings. The summed E-state index contributed by atoms with van der Waals surface area (Å²) in [7, 11) is 0. The second kappa shape index (κ2) is 5.07. The topological polar surface area (TPSA) is 35.5 Å². The fourth-order valence-corrected chi connectivity index (χ4v) is 10.5. The molecule has 8 rings (SSSR count). The molecule has 3 heteroatoms. The summed E-state index contributed by atoms with van der Waals surface area (Å²) >= 11 is 0. The van der Waals surface area contributed by atoms with Gasteiger partial charge in [-0.1, -0.05) is 25.0 Å². The van der Waals surface area contributed by atoms with Crippen molar-refractivity contribution in [2.75, 3.05) is 0 Å². The predicted octanol–water partition coefficient (Wildman–Crippen LogP) is 4.36. The minimum Gasteiger partial charge on any atom is -0.459 e. The van der Waals surface area contributed by atoms with Crippen molar-refractivity contribution in [3.05, 3.63) is 12.2 Å². The molecule has 1 spiro atoms. The van der Waals surface area contributed by atoms with E-state index in [0.717, 1.165) is 41.9 Å². The SMILES string of the molecule is O=C(OC1C2CC3C1OC1(CCCC1)C3C2)C1CC2CC1C1C3C=CC(C3)C21. The molecule has 0 aromatic carbocycles. The number of hydrogen-bond donors (Lipinski definition) is 0. The molecule has 28 heavy (non-hydrogen) atoms. The van der Waals surface area contributed by atoms with E-state index >= 15 is 0 Å². The summed E-state index contributed by atoms with van der Waals surface area (Å²) in [5.41, 5.74) is 0.167. The van der Waals surface area contributed by atoms with E-state index in [1.54, 1.807) is 0 Å². The Morgan fingerprint density at radius 1 is 0.893 bits per heavy atom. The summed E-state index contributed by atoms with van der Waals surface area (Å²) in [6.45, 7) is 0. The van der Waals surface area contributed by atoms with Crippen LogP contribution in [-0.4, -0.2) is 23.8 Å². The fourth-order valence-electron chi connectivity index (χ4n) is 10.5. The molecule has 0 amide bonds. The monoisotopic (exact) mass is 380 g/mol. The van der Waals surface area contributed by atoms with Crippen molar-refractivity contribution in [2.24, 2.45) is 59.2 Å². The van der Waals surface area contributed by atoms with Crippen molar-refractivity contribution in [3.8, 4) is 0 Å². The largest absolute Gasteiger partial charge is 0.459 e. The number of carbonyl (C=O) groups is 1. The molecule has 6 saturated carbocycles. The Morgan fingerprint density at radius 3 is 2.54 bits per heavy atom. The number of esters is 1. The summed E-state index contributed by atoms with van der Waals surface area (Å²) < 4.78 is 13.1. The van der Waals surface area contributed by atoms with Gasteiger partial charge in [0.2, 0.25) is 0 Å². The first-order valence-corrected chi connectivity index (χ1v) is 12.3. The van der Waals surface area contributed by atoms with Gasteiger partial charge in [-0.2, -0.15) is 0 Å². The van der Waals surface area contributed by atoms with Gasteiger partial charge in [0.1, 0.15) is 6.10 Å². The highest BCUT2D eigenvalue weighted by Gasteiger charge is 2.68. The average molecular weight is 381 g/mol. The number of rotatable bonds is 2. The van der Waals surface area contributed by atoms with E-state index in [9.17, 15) is 4.79 Å². The van der Waals surface area contributed by atoms with E-state index in [1.165, 1.54) is 51.4 Å². The van der Waals surface area contributed by atoms with Gasteiger partial charge in [0.25, 0.3) is 0 Å². The zero-order valence-electron chi connectivity index (χ0n) is 16.7. The third-order valence-electron chi connectivity index (χ3n) is 11.2. The van der Waals surface area contributed by atoms with Crippen molar-refractivity contribution >= 4 is 5.97 Å². The summed E-state index contributed by atoms with van der Waals surface area (Å²) in [4.78, 5) is 13.4. The van der Waals surface area contributed by atoms with E-state index in [0.29, 0.717) is 17.8 Å². The van der Waals surface area contributed by atoms with Gasteiger partial charge in [-0.05, 0) is 98.2 Å². The van der Waals surface area contributed by atoms with Crippen molar-refractivity contribution in [2.45, 2.75) is 75.6 Å². The number of fused-ring (bicyclic) bond motifs is 11. The molecular formula is C25H32O3. The highest BCUT2D eigenvalue weighted by atomic mass is 16.6. The molecule has 0 aromatic heterocycles. The van der Waals surface area contributed by atoms with E-state index in [4.69, 9.17) is 9.47 Å². The first-order valence-electron chi connectivity index (χ1n) is 12.3. The molecule has 0 radical (unpaired) electrons. The van der Waals surface area contributed by atoms with Crippen LogP contribution in [0.2, 0.25) is 0 Å². The molecule has 6 bridgehead atoms. The van der Waals surface area contributed by atoms with Gasteiger partial charge in [-0.3, -0.25) is 4.79 Å². The molecule has 7 fully saturated rings. The molecule has 0 aromatic rings. The molecule has 0 N–H and O–H groups in total. The Labute approximate surface area is 167 Å². The summed E-state index contributed by atoms with van der Waals surface area (Å²) in [6.07, 6.45) is 16.7. The van der Waals surface area contributed by atoms with E-state index in [2.05, 4.69) is 12.2 Å². The molecule has 1 saturated heterocycles. The van der Waals surface area contributed by atoms with Crippen LogP contribution in [0.3, 0.4) is 0 Å². The zero-order valence-corrected chi connectivity index (χ0v) is 16.7. The van der Waals surface area contributed by atoms with Crippen LogP contribution in [0.25, 0.3) is 0 Å². The first kappa shape index (κ1) is 15.9. The summed E-state index contributed by atoms with van der Waals surface area (Å²) in [6, 6.07) is 0. The zero-order chi connectivity index (χ0) is 18.2. The maximum absolute atomic E-state index is 13.4. The van der Waals surface area contributed by atoms with Crippen LogP contribution in [-0.2, 0) is 14.3 Å². The van der Waals surface area contributed by atoms with Gasteiger partial charge in [-0.15, -0.1) is 0 Å². The highest BCUT2D eigenvalue weighted by molar-refractivity contribution is 5.74. The Morgan fingerprint density at radius 2 is 1.68 bits per heavy atom. The Hall–Kier alpha value is -0.830. The lowest BCUT2D eigenvalue weighted by molar-refractivity contribution is -0.169. The molecule has 3 nitrogen and oxygen atoms in total. The minimum atomic E-state index is 0.0728. The van der Waals surface area contributed by atoms with Gasteiger partial charge in [0, 0.05) is 0 Å². The quantitative estimate of drug-likeness (QED) is 0.406. The average Bonchev–Trinajstić information content (AvgIpc) is 3.53. The maximum atomic E-state index is 13.4. The second-order valence-corrected chi connectivity index (χ2v) is 11.9. The van der Waals surface area contributed by atoms with E-state index < -0.39 is 0 Å². The molecule has 1 heterocycles. The first-order chi connectivity index (χ1) is 13.7. The highest BCUT2D eigenvalue weighted by Crippen LogP contribution is 2.68. The molecule has 7 aliphatic carbocycles.